The van der Waals surface area contributed by atoms with Crippen molar-refractivity contribution in [3.8, 4) is 0 Å². The van der Waals surface area contributed by atoms with E-state index < -0.39 is 6.10 Å². The van der Waals surface area contributed by atoms with Crippen molar-refractivity contribution in [2.45, 2.75) is 77.9 Å². The summed E-state index contributed by atoms with van der Waals surface area (Å²) in [5.41, 5.74) is 3.71. The zero-order valence-electron chi connectivity index (χ0n) is 16.0. The number of ether oxygens (including phenoxy) is 1. The van der Waals surface area contributed by atoms with Crippen LogP contribution < -0.4 is 0 Å². The minimum atomic E-state index is -0.400. The second-order valence-electron chi connectivity index (χ2n) is 9.00. The third kappa shape index (κ3) is 2.93. The molecule has 2 aliphatic rings. The van der Waals surface area contributed by atoms with Gasteiger partial charge in [-0.05, 0) is 73.3 Å². The summed E-state index contributed by atoms with van der Waals surface area (Å²) in [6, 6.07) is 9.08. The van der Waals surface area contributed by atoms with Crippen LogP contribution in [0, 0.1) is 17.3 Å². The number of hydrogen-bond acceptors (Lipinski definition) is 2. The third-order valence-corrected chi connectivity index (χ3v) is 7.31. The van der Waals surface area contributed by atoms with Crippen LogP contribution in [0.15, 0.2) is 24.3 Å². The van der Waals surface area contributed by atoms with Gasteiger partial charge in [-0.3, -0.25) is 0 Å². The Morgan fingerprint density at radius 2 is 1.88 bits per heavy atom. The molecular formula is C22H34O2. The molecule has 1 aromatic carbocycles. The fourth-order valence-corrected chi connectivity index (χ4v) is 5.44. The quantitative estimate of drug-likeness (QED) is 0.865. The van der Waals surface area contributed by atoms with Crippen LogP contribution in [0.25, 0.3) is 0 Å². The van der Waals surface area contributed by atoms with Crippen LogP contribution in [-0.2, 0) is 16.6 Å². The van der Waals surface area contributed by atoms with Gasteiger partial charge in [-0.1, -0.05) is 45.0 Å². The van der Waals surface area contributed by atoms with E-state index in [0.29, 0.717) is 17.3 Å². The van der Waals surface area contributed by atoms with Crippen molar-refractivity contribution < 1.29 is 9.84 Å². The summed E-state index contributed by atoms with van der Waals surface area (Å²) < 4.78 is 6.01. The Labute approximate surface area is 147 Å². The Morgan fingerprint density at radius 1 is 1.17 bits per heavy atom. The summed E-state index contributed by atoms with van der Waals surface area (Å²) in [6.45, 7) is 11.9. The van der Waals surface area contributed by atoms with E-state index in [4.69, 9.17) is 4.74 Å². The third-order valence-electron chi connectivity index (χ3n) is 7.31. The Hall–Kier alpha value is -0.860. The second kappa shape index (κ2) is 6.46. The Balaban J connectivity index is 1.81. The second-order valence-corrected chi connectivity index (χ2v) is 9.00. The molecule has 5 atom stereocenters. The van der Waals surface area contributed by atoms with Gasteiger partial charge in [-0.2, -0.15) is 0 Å². The van der Waals surface area contributed by atoms with Crippen molar-refractivity contribution in [1.82, 2.24) is 0 Å². The fraction of sp³-hybridized carbons (Fsp3) is 0.727. The Morgan fingerprint density at radius 3 is 2.58 bits per heavy atom. The molecule has 2 heteroatoms. The zero-order valence-corrected chi connectivity index (χ0v) is 16.0. The van der Waals surface area contributed by atoms with E-state index in [1.807, 2.05) is 13.8 Å². The van der Waals surface area contributed by atoms with Gasteiger partial charge in [0, 0.05) is 0 Å². The molecule has 0 bridgehead atoms. The topological polar surface area (TPSA) is 29.5 Å². The van der Waals surface area contributed by atoms with Crippen LogP contribution in [0.1, 0.15) is 65.0 Å². The van der Waals surface area contributed by atoms with Gasteiger partial charge in [0.25, 0.3) is 0 Å². The van der Waals surface area contributed by atoms with Gasteiger partial charge in [-0.25, -0.2) is 0 Å². The summed E-state index contributed by atoms with van der Waals surface area (Å²) in [7, 11) is 0. The molecule has 0 saturated heterocycles. The summed E-state index contributed by atoms with van der Waals surface area (Å²) in [6.07, 6.45) is 4.46. The van der Waals surface area contributed by atoms with Gasteiger partial charge in [0.1, 0.15) is 0 Å². The maximum absolute atomic E-state index is 9.69. The number of benzene rings is 1. The molecule has 1 N–H and O–H groups in total. The molecule has 3 rings (SSSR count). The fourth-order valence-electron chi connectivity index (χ4n) is 5.44. The van der Waals surface area contributed by atoms with Crippen LogP contribution in [0.3, 0.4) is 0 Å². The first-order valence-electron chi connectivity index (χ1n) is 9.65. The summed E-state index contributed by atoms with van der Waals surface area (Å²) in [5, 5.41) is 9.69. The predicted octanol–water partition coefficient (Wildman–Crippen LogP) is 4.73. The molecule has 0 spiro atoms. The molecule has 0 heterocycles. The molecule has 2 nitrogen and oxygen atoms in total. The van der Waals surface area contributed by atoms with E-state index in [2.05, 4.69) is 45.0 Å². The minimum absolute atomic E-state index is 0.0822. The highest BCUT2D eigenvalue weighted by molar-refractivity contribution is 5.38. The van der Waals surface area contributed by atoms with Crippen molar-refractivity contribution >= 4 is 0 Å². The number of aliphatic hydroxyl groups is 1. The van der Waals surface area contributed by atoms with Crippen molar-refractivity contribution in [1.29, 1.82) is 0 Å². The van der Waals surface area contributed by atoms with Crippen molar-refractivity contribution in [2.24, 2.45) is 17.3 Å². The molecule has 0 aromatic heterocycles. The molecule has 0 amide bonds. The lowest BCUT2D eigenvalue weighted by Gasteiger charge is -2.57. The lowest BCUT2D eigenvalue weighted by atomic mass is 9.47. The first-order chi connectivity index (χ1) is 11.3. The van der Waals surface area contributed by atoms with E-state index >= 15 is 0 Å². The normalized spacial score (nSPS) is 34.1. The summed E-state index contributed by atoms with van der Waals surface area (Å²) in [4.78, 5) is 0. The number of fused-ring (bicyclic) bond motifs is 3. The molecule has 24 heavy (non-hydrogen) atoms. The van der Waals surface area contributed by atoms with Crippen LogP contribution in [0.4, 0.5) is 0 Å². The predicted molar refractivity (Wildman–Crippen MR) is 99.2 cm³/mol. The van der Waals surface area contributed by atoms with Crippen LogP contribution >= 0.6 is 0 Å². The number of aliphatic hydroxyl groups excluding tert-OH is 1. The molecule has 1 aromatic rings. The highest BCUT2D eigenvalue weighted by Gasteiger charge is 2.53. The Bertz CT molecular complexity index is 577. The van der Waals surface area contributed by atoms with Gasteiger partial charge < -0.3 is 9.84 Å². The van der Waals surface area contributed by atoms with Crippen molar-refractivity contribution in [3.05, 3.63) is 35.4 Å². The first-order valence-corrected chi connectivity index (χ1v) is 9.65. The number of aryl methyl sites for hydroxylation is 1. The molecular weight excluding hydrogens is 296 g/mol. The van der Waals surface area contributed by atoms with Crippen LogP contribution in [0.5, 0.6) is 0 Å². The van der Waals surface area contributed by atoms with Gasteiger partial charge in [0.15, 0.2) is 0 Å². The molecule has 1 unspecified atom stereocenters. The zero-order chi connectivity index (χ0) is 17.5. The van der Waals surface area contributed by atoms with E-state index in [1.54, 1.807) is 11.1 Å². The van der Waals surface area contributed by atoms with E-state index in [1.165, 1.54) is 25.7 Å². The van der Waals surface area contributed by atoms with Gasteiger partial charge in [0.2, 0.25) is 0 Å². The maximum atomic E-state index is 9.69. The molecule has 2 aliphatic carbocycles. The molecule has 1 fully saturated rings. The Kier molecular flexibility index (Phi) is 4.83. The highest BCUT2D eigenvalue weighted by atomic mass is 16.5. The summed E-state index contributed by atoms with van der Waals surface area (Å²) in [5.74, 6) is 1.27. The SMILES string of the molecule is C[C@H](O)[C@H](C)OC[C@H]1CC[C@]2(C)c3ccccc3CCC2C1(C)C. The average Bonchev–Trinajstić information content (AvgIpc) is 2.53. The van der Waals surface area contributed by atoms with Crippen LogP contribution in [0.2, 0.25) is 0 Å². The van der Waals surface area contributed by atoms with E-state index in [-0.39, 0.29) is 11.5 Å². The highest BCUT2D eigenvalue weighted by Crippen LogP contribution is 2.59. The van der Waals surface area contributed by atoms with Gasteiger partial charge >= 0.3 is 0 Å². The smallest absolute Gasteiger partial charge is 0.0803 e. The molecule has 0 radical (unpaired) electrons. The first kappa shape index (κ1) is 17.9. The molecule has 0 aliphatic heterocycles. The number of hydrogen-bond donors (Lipinski definition) is 1. The van der Waals surface area contributed by atoms with Gasteiger partial charge in [-0.15, -0.1) is 0 Å². The monoisotopic (exact) mass is 330 g/mol. The minimum Gasteiger partial charge on any atom is -0.391 e. The standard InChI is InChI=1S/C22H34O2/c1-15(23)16(2)24-14-18-12-13-22(5)19-9-7-6-8-17(19)10-11-20(22)21(18,3)4/h6-9,15-16,18,20,23H,10-14H2,1-5H3/t15-,16-,18+,20?,22+/m0/s1. The van der Waals surface area contributed by atoms with Crippen molar-refractivity contribution in [2.75, 3.05) is 6.61 Å². The molecule has 134 valence electrons. The van der Waals surface area contributed by atoms with Crippen LogP contribution in [-0.4, -0.2) is 23.9 Å². The van der Waals surface area contributed by atoms with E-state index in [9.17, 15) is 5.11 Å². The van der Waals surface area contributed by atoms with Crippen molar-refractivity contribution in [3.63, 3.8) is 0 Å². The van der Waals surface area contributed by atoms with Gasteiger partial charge in [0.05, 0.1) is 18.8 Å². The lowest BCUT2D eigenvalue weighted by Crippen LogP contribution is -2.53. The lowest BCUT2D eigenvalue weighted by molar-refractivity contribution is -0.0883. The maximum Gasteiger partial charge on any atom is 0.0803 e. The van der Waals surface area contributed by atoms with E-state index in [0.717, 1.165) is 6.61 Å². The summed E-state index contributed by atoms with van der Waals surface area (Å²) >= 11 is 0. The average molecular weight is 331 g/mol. The number of rotatable bonds is 4. The molecule has 1 saturated carbocycles. The largest absolute Gasteiger partial charge is 0.391 e.